The fourth-order valence-electron chi connectivity index (χ4n) is 2.65. The van der Waals surface area contributed by atoms with Crippen molar-refractivity contribution in [3.05, 3.63) is 59.7 Å². The van der Waals surface area contributed by atoms with Crippen molar-refractivity contribution in [1.29, 1.82) is 0 Å². The summed E-state index contributed by atoms with van der Waals surface area (Å²) >= 11 is 0. The van der Waals surface area contributed by atoms with Gasteiger partial charge in [0.2, 0.25) is 5.91 Å². The summed E-state index contributed by atoms with van der Waals surface area (Å²) in [5.74, 6) is -0.0840. The van der Waals surface area contributed by atoms with Crippen LogP contribution in [0, 0.1) is 0 Å². The smallest absolute Gasteiger partial charge is 0.247 e. The van der Waals surface area contributed by atoms with Crippen molar-refractivity contribution in [2.45, 2.75) is 25.5 Å². The number of carbonyl (C=O) groups is 1. The summed E-state index contributed by atoms with van der Waals surface area (Å²) in [6.07, 6.45) is 0.0639. The van der Waals surface area contributed by atoms with E-state index in [9.17, 15) is 9.90 Å². The molecule has 4 nitrogen and oxygen atoms in total. The van der Waals surface area contributed by atoms with Crippen LogP contribution in [-0.4, -0.2) is 17.1 Å². The van der Waals surface area contributed by atoms with E-state index in [4.69, 9.17) is 0 Å². The van der Waals surface area contributed by atoms with E-state index in [0.717, 1.165) is 16.8 Å². The highest BCUT2D eigenvalue weighted by Crippen LogP contribution is 2.27. The third-order valence-electron chi connectivity index (χ3n) is 3.76. The molecule has 4 heteroatoms. The highest BCUT2D eigenvalue weighted by Gasteiger charge is 2.26. The minimum absolute atomic E-state index is 0.0840. The third kappa shape index (κ3) is 2.76. The van der Waals surface area contributed by atoms with Crippen molar-refractivity contribution >= 4 is 17.3 Å². The molecule has 0 bridgehead atoms. The molecule has 2 aromatic carbocycles. The highest BCUT2D eigenvalue weighted by molar-refractivity contribution is 5.98. The molecule has 1 amide bonds. The summed E-state index contributed by atoms with van der Waals surface area (Å²) in [5, 5.41) is 15.9. The van der Waals surface area contributed by atoms with Crippen LogP contribution in [0.3, 0.4) is 0 Å². The fraction of sp³-hybridized carbons (Fsp3) is 0.235. The normalized spacial score (nSPS) is 17.7. The van der Waals surface area contributed by atoms with Gasteiger partial charge in [0, 0.05) is 23.4 Å². The van der Waals surface area contributed by atoms with Crippen LogP contribution in [0.4, 0.5) is 11.4 Å². The van der Waals surface area contributed by atoms with Gasteiger partial charge in [-0.25, -0.2) is 0 Å². The van der Waals surface area contributed by atoms with Gasteiger partial charge in [0.25, 0.3) is 0 Å². The van der Waals surface area contributed by atoms with Gasteiger partial charge in [0.15, 0.2) is 0 Å². The fourth-order valence-corrected chi connectivity index (χ4v) is 2.65. The Balaban J connectivity index is 1.74. The van der Waals surface area contributed by atoms with E-state index in [0.29, 0.717) is 12.1 Å². The van der Waals surface area contributed by atoms with E-state index in [1.165, 1.54) is 0 Å². The molecule has 2 aromatic rings. The van der Waals surface area contributed by atoms with Crippen LogP contribution in [0.1, 0.15) is 24.2 Å². The minimum Gasteiger partial charge on any atom is -0.389 e. The van der Waals surface area contributed by atoms with Crippen LogP contribution >= 0.6 is 0 Å². The van der Waals surface area contributed by atoms with E-state index in [-0.39, 0.29) is 11.9 Å². The predicted molar refractivity (Wildman–Crippen MR) is 83.3 cm³/mol. The van der Waals surface area contributed by atoms with Crippen LogP contribution in [0.25, 0.3) is 0 Å². The number of hydrogen-bond donors (Lipinski definition) is 3. The Hall–Kier alpha value is -2.33. The molecule has 2 atom stereocenters. The molecular weight excluding hydrogens is 264 g/mol. The predicted octanol–water partition coefficient (Wildman–Crippen LogP) is 2.72. The molecule has 1 aliphatic heterocycles. The van der Waals surface area contributed by atoms with Crippen LogP contribution in [-0.2, 0) is 11.2 Å². The summed E-state index contributed by atoms with van der Waals surface area (Å²) < 4.78 is 0. The van der Waals surface area contributed by atoms with Gasteiger partial charge in [0.1, 0.15) is 6.04 Å². The molecule has 0 aromatic heterocycles. The zero-order valence-electron chi connectivity index (χ0n) is 11.8. The summed E-state index contributed by atoms with van der Waals surface area (Å²) in [4.78, 5) is 12.4. The van der Waals surface area contributed by atoms with E-state index in [1.807, 2.05) is 48.5 Å². The molecule has 0 spiro atoms. The van der Waals surface area contributed by atoms with Gasteiger partial charge in [0.05, 0.1) is 6.10 Å². The molecule has 1 aliphatic rings. The molecule has 0 radical (unpaired) electrons. The quantitative estimate of drug-likeness (QED) is 0.811. The largest absolute Gasteiger partial charge is 0.389 e. The maximum atomic E-state index is 12.4. The van der Waals surface area contributed by atoms with Crippen molar-refractivity contribution in [2.24, 2.45) is 0 Å². The van der Waals surface area contributed by atoms with E-state index in [2.05, 4.69) is 10.6 Å². The number of carbonyl (C=O) groups excluding carboxylic acids is 1. The van der Waals surface area contributed by atoms with Gasteiger partial charge < -0.3 is 15.7 Å². The average Bonchev–Trinajstić information content (AvgIpc) is 2.91. The second-order valence-corrected chi connectivity index (χ2v) is 5.31. The van der Waals surface area contributed by atoms with Crippen molar-refractivity contribution in [2.75, 3.05) is 10.6 Å². The van der Waals surface area contributed by atoms with Crippen LogP contribution < -0.4 is 10.6 Å². The Labute approximate surface area is 123 Å². The summed E-state index contributed by atoms with van der Waals surface area (Å²) in [6.45, 7) is 1.69. The van der Waals surface area contributed by atoms with E-state index < -0.39 is 6.10 Å². The molecule has 0 fully saturated rings. The first-order valence-electron chi connectivity index (χ1n) is 7.07. The van der Waals surface area contributed by atoms with Crippen LogP contribution in [0.15, 0.2) is 48.5 Å². The number of para-hydroxylation sites is 2. The Kier molecular flexibility index (Phi) is 3.62. The Morgan fingerprint density at radius 1 is 1.24 bits per heavy atom. The molecule has 0 saturated heterocycles. The first kappa shape index (κ1) is 13.6. The van der Waals surface area contributed by atoms with Crippen LogP contribution in [0.5, 0.6) is 0 Å². The molecule has 1 heterocycles. The van der Waals surface area contributed by atoms with Crippen LogP contribution in [0.2, 0.25) is 0 Å². The van der Waals surface area contributed by atoms with Crippen molar-refractivity contribution < 1.29 is 9.90 Å². The molecule has 21 heavy (non-hydrogen) atoms. The lowest BCUT2D eigenvalue weighted by Crippen LogP contribution is -2.33. The topological polar surface area (TPSA) is 61.4 Å². The molecule has 0 saturated carbocycles. The third-order valence-corrected chi connectivity index (χ3v) is 3.76. The second-order valence-electron chi connectivity index (χ2n) is 5.31. The molecule has 3 N–H and O–H groups in total. The lowest BCUT2D eigenvalue weighted by molar-refractivity contribution is -0.116. The first-order chi connectivity index (χ1) is 10.1. The number of benzene rings is 2. The van der Waals surface area contributed by atoms with Crippen molar-refractivity contribution in [1.82, 2.24) is 0 Å². The molecule has 0 aliphatic carbocycles. The van der Waals surface area contributed by atoms with Gasteiger partial charge >= 0.3 is 0 Å². The first-order valence-corrected chi connectivity index (χ1v) is 7.07. The number of aliphatic hydroxyl groups excluding tert-OH is 1. The van der Waals surface area contributed by atoms with Crippen molar-refractivity contribution in [3.63, 3.8) is 0 Å². The van der Waals surface area contributed by atoms with Gasteiger partial charge in [-0.15, -0.1) is 0 Å². The standard InChI is InChI=1S/C17H18N2O2/c1-11(20)13-7-3-5-9-15(13)19-17(21)16-10-12-6-2-4-8-14(12)18-16/h2-9,11,16,18,20H,10H2,1H3,(H,19,21)/t11?,16-/m0/s1. The zero-order valence-corrected chi connectivity index (χ0v) is 11.8. The van der Waals surface area contributed by atoms with Crippen molar-refractivity contribution in [3.8, 4) is 0 Å². The lowest BCUT2D eigenvalue weighted by Gasteiger charge is -2.16. The second kappa shape index (κ2) is 5.58. The molecule has 3 rings (SSSR count). The Morgan fingerprint density at radius 3 is 2.71 bits per heavy atom. The number of rotatable bonds is 3. The number of hydrogen-bond acceptors (Lipinski definition) is 3. The maximum Gasteiger partial charge on any atom is 0.247 e. The number of aliphatic hydroxyl groups is 1. The number of amides is 1. The molecular formula is C17H18N2O2. The van der Waals surface area contributed by atoms with Gasteiger partial charge in [-0.1, -0.05) is 36.4 Å². The van der Waals surface area contributed by atoms with Gasteiger partial charge in [-0.05, 0) is 24.6 Å². The zero-order chi connectivity index (χ0) is 14.8. The monoisotopic (exact) mass is 282 g/mol. The van der Waals surface area contributed by atoms with Gasteiger partial charge in [-0.3, -0.25) is 4.79 Å². The Morgan fingerprint density at radius 2 is 1.95 bits per heavy atom. The summed E-state index contributed by atoms with van der Waals surface area (Å²) in [7, 11) is 0. The van der Waals surface area contributed by atoms with Gasteiger partial charge in [-0.2, -0.15) is 0 Å². The number of nitrogens with one attached hydrogen (secondary N) is 2. The highest BCUT2D eigenvalue weighted by atomic mass is 16.3. The summed E-state index contributed by atoms with van der Waals surface area (Å²) in [6, 6.07) is 15.0. The lowest BCUT2D eigenvalue weighted by atomic mass is 10.1. The molecule has 1 unspecified atom stereocenters. The number of anilines is 2. The van der Waals surface area contributed by atoms with E-state index in [1.54, 1.807) is 6.92 Å². The Bertz CT molecular complexity index is 642. The summed E-state index contributed by atoms with van der Waals surface area (Å²) in [5.41, 5.74) is 3.56. The SMILES string of the molecule is CC(O)c1ccccc1NC(=O)[C@@H]1Cc2ccccc2N1. The minimum atomic E-state index is -0.616. The van der Waals surface area contributed by atoms with E-state index >= 15 is 0 Å². The maximum absolute atomic E-state index is 12.4. The average molecular weight is 282 g/mol. The molecule has 108 valence electrons. The number of fused-ring (bicyclic) bond motifs is 1.